The Hall–Kier alpha value is -0.280. The van der Waals surface area contributed by atoms with Crippen LogP contribution in [-0.2, 0) is 0 Å². The van der Waals surface area contributed by atoms with Crippen molar-refractivity contribution in [1.82, 2.24) is 10.2 Å². The zero-order valence-corrected chi connectivity index (χ0v) is 14.4. The Morgan fingerprint density at radius 3 is 2.43 bits per heavy atom. The van der Waals surface area contributed by atoms with Crippen molar-refractivity contribution in [2.75, 3.05) is 26.7 Å². The maximum Gasteiger partial charge on any atom is 0.0640 e. The fourth-order valence-corrected chi connectivity index (χ4v) is 3.53. The molecule has 1 aliphatic heterocycles. The minimum Gasteiger partial charge on any atom is -0.313 e. The van der Waals surface area contributed by atoms with Gasteiger partial charge >= 0.3 is 0 Å². The third-order valence-electron chi connectivity index (χ3n) is 4.39. The Morgan fingerprint density at radius 2 is 1.76 bits per heavy atom. The van der Waals surface area contributed by atoms with Gasteiger partial charge in [0.1, 0.15) is 0 Å². The van der Waals surface area contributed by atoms with E-state index in [0.29, 0.717) is 10.0 Å². The van der Waals surface area contributed by atoms with Crippen LogP contribution in [0.3, 0.4) is 0 Å². The van der Waals surface area contributed by atoms with E-state index in [1.165, 1.54) is 45.2 Å². The summed E-state index contributed by atoms with van der Waals surface area (Å²) in [5.74, 6) is 0. The number of benzene rings is 1. The number of likely N-dealkylation sites (tertiary alicyclic amines) is 1. The van der Waals surface area contributed by atoms with E-state index in [9.17, 15) is 0 Å². The van der Waals surface area contributed by atoms with Crippen LogP contribution in [0.2, 0.25) is 10.0 Å². The minimum atomic E-state index is 0.265. The van der Waals surface area contributed by atoms with Crippen molar-refractivity contribution < 1.29 is 0 Å². The van der Waals surface area contributed by atoms with Gasteiger partial charge in [0.25, 0.3) is 0 Å². The Kier molecular flexibility index (Phi) is 7.31. The van der Waals surface area contributed by atoms with Crippen molar-refractivity contribution >= 4 is 23.2 Å². The quantitative estimate of drug-likeness (QED) is 0.826. The van der Waals surface area contributed by atoms with Gasteiger partial charge in [-0.05, 0) is 57.6 Å². The SMILES string of the molecule is CNC(CCN1CCCCCCC1)c1cccc(Cl)c1Cl. The largest absolute Gasteiger partial charge is 0.313 e. The third kappa shape index (κ3) is 5.14. The second-order valence-corrected chi connectivity index (χ2v) is 6.67. The molecule has 1 N–H and O–H groups in total. The van der Waals surface area contributed by atoms with E-state index < -0.39 is 0 Å². The van der Waals surface area contributed by atoms with Crippen LogP contribution in [-0.4, -0.2) is 31.6 Å². The highest BCUT2D eigenvalue weighted by atomic mass is 35.5. The second kappa shape index (κ2) is 8.99. The van der Waals surface area contributed by atoms with Crippen molar-refractivity contribution in [3.8, 4) is 0 Å². The molecule has 118 valence electrons. The molecule has 1 aromatic rings. The predicted molar refractivity (Wildman–Crippen MR) is 92.4 cm³/mol. The number of hydrogen-bond donors (Lipinski definition) is 1. The molecule has 1 heterocycles. The van der Waals surface area contributed by atoms with Crippen molar-refractivity contribution in [2.24, 2.45) is 0 Å². The lowest BCUT2D eigenvalue weighted by Crippen LogP contribution is -2.31. The molecule has 0 bridgehead atoms. The molecule has 0 aromatic heterocycles. The lowest BCUT2D eigenvalue weighted by atomic mass is 10.0. The van der Waals surface area contributed by atoms with Crippen molar-refractivity contribution in [2.45, 2.75) is 44.6 Å². The summed E-state index contributed by atoms with van der Waals surface area (Å²) in [6, 6.07) is 6.16. The summed E-state index contributed by atoms with van der Waals surface area (Å²) in [5, 5.41) is 4.71. The first-order valence-corrected chi connectivity index (χ1v) is 8.81. The summed E-state index contributed by atoms with van der Waals surface area (Å²) < 4.78 is 0. The first-order valence-electron chi connectivity index (χ1n) is 8.06. The normalized spacial score (nSPS) is 19.0. The molecule has 1 saturated heterocycles. The number of rotatable bonds is 5. The monoisotopic (exact) mass is 328 g/mol. The summed E-state index contributed by atoms with van der Waals surface area (Å²) >= 11 is 12.5. The third-order valence-corrected chi connectivity index (χ3v) is 5.22. The minimum absolute atomic E-state index is 0.265. The van der Waals surface area contributed by atoms with Crippen molar-refractivity contribution in [1.29, 1.82) is 0 Å². The molecule has 0 aliphatic carbocycles. The van der Waals surface area contributed by atoms with Crippen molar-refractivity contribution in [3.63, 3.8) is 0 Å². The van der Waals surface area contributed by atoms with E-state index in [1.807, 2.05) is 19.2 Å². The van der Waals surface area contributed by atoms with Crippen LogP contribution in [0.15, 0.2) is 18.2 Å². The predicted octanol–water partition coefficient (Wildman–Crippen LogP) is 4.91. The van der Waals surface area contributed by atoms with E-state index >= 15 is 0 Å². The first-order chi connectivity index (χ1) is 10.2. The molecule has 21 heavy (non-hydrogen) atoms. The van der Waals surface area contributed by atoms with Crippen LogP contribution < -0.4 is 5.32 Å². The van der Waals surface area contributed by atoms with E-state index in [4.69, 9.17) is 23.2 Å². The van der Waals surface area contributed by atoms with Crippen LogP contribution >= 0.6 is 23.2 Å². The van der Waals surface area contributed by atoms with E-state index in [2.05, 4.69) is 16.3 Å². The fourth-order valence-electron chi connectivity index (χ4n) is 3.09. The molecular formula is C17H26Cl2N2. The maximum absolute atomic E-state index is 6.35. The van der Waals surface area contributed by atoms with E-state index in [-0.39, 0.29) is 6.04 Å². The molecule has 1 fully saturated rings. The van der Waals surface area contributed by atoms with E-state index in [1.54, 1.807) is 0 Å². The average molecular weight is 329 g/mol. The van der Waals surface area contributed by atoms with Gasteiger partial charge in [-0.15, -0.1) is 0 Å². The highest BCUT2D eigenvalue weighted by molar-refractivity contribution is 6.42. The molecule has 1 unspecified atom stereocenters. The van der Waals surface area contributed by atoms with Gasteiger partial charge in [0.15, 0.2) is 0 Å². The maximum atomic E-state index is 6.35. The van der Waals surface area contributed by atoms with Gasteiger partial charge in [-0.2, -0.15) is 0 Å². The van der Waals surface area contributed by atoms with Gasteiger partial charge in [0.05, 0.1) is 10.0 Å². The Labute approximate surface area is 138 Å². The molecule has 1 aromatic carbocycles. The summed E-state index contributed by atoms with van der Waals surface area (Å²) in [6.45, 7) is 3.59. The highest BCUT2D eigenvalue weighted by Gasteiger charge is 2.16. The first kappa shape index (κ1) is 17.1. The van der Waals surface area contributed by atoms with Gasteiger partial charge in [-0.1, -0.05) is 54.6 Å². The summed E-state index contributed by atoms with van der Waals surface area (Å²) in [7, 11) is 2.00. The number of halogens is 2. The van der Waals surface area contributed by atoms with E-state index in [0.717, 1.165) is 18.5 Å². The molecule has 2 nitrogen and oxygen atoms in total. The smallest absolute Gasteiger partial charge is 0.0640 e. The molecule has 1 atom stereocenters. The number of nitrogens with one attached hydrogen (secondary N) is 1. The van der Waals surface area contributed by atoms with Gasteiger partial charge in [-0.25, -0.2) is 0 Å². The number of nitrogens with zero attached hydrogens (tertiary/aromatic N) is 1. The molecule has 0 spiro atoms. The molecule has 4 heteroatoms. The molecule has 1 aliphatic rings. The Morgan fingerprint density at radius 1 is 1.10 bits per heavy atom. The molecular weight excluding hydrogens is 303 g/mol. The van der Waals surface area contributed by atoms with Gasteiger partial charge in [0, 0.05) is 6.04 Å². The van der Waals surface area contributed by atoms with Gasteiger partial charge < -0.3 is 10.2 Å². The zero-order valence-electron chi connectivity index (χ0n) is 12.9. The lowest BCUT2D eigenvalue weighted by molar-refractivity contribution is 0.235. The molecule has 2 rings (SSSR count). The van der Waals surface area contributed by atoms with Crippen LogP contribution in [0.25, 0.3) is 0 Å². The van der Waals surface area contributed by atoms with Gasteiger partial charge in [-0.3, -0.25) is 0 Å². The van der Waals surface area contributed by atoms with Crippen LogP contribution in [0, 0.1) is 0 Å². The molecule has 0 amide bonds. The Bertz CT molecular complexity index is 429. The number of hydrogen-bond acceptors (Lipinski definition) is 2. The molecule has 0 radical (unpaired) electrons. The molecule has 0 saturated carbocycles. The summed E-state index contributed by atoms with van der Waals surface area (Å²) in [5.41, 5.74) is 1.11. The standard InChI is InChI=1S/C17H26Cl2N2/c1-20-16(14-8-7-9-15(18)17(14)19)10-13-21-11-5-3-2-4-6-12-21/h7-9,16,20H,2-6,10-13H2,1H3. The van der Waals surface area contributed by atoms with Crippen molar-refractivity contribution in [3.05, 3.63) is 33.8 Å². The summed E-state index contributed by atoms with van der Waals surface area (Å²) in [4.78, 5) is 2.60. The fraction of sp³-hybridized carbons (Fsp3) is 0.647. The second-order valence-electron chi connectivity index (χ2n) is 5.88. The van der Waals surface area contributed by atoms with Crippen LogP contribution in [0.5, 0.6) is 0 Å². The lowest BCUT2D eigenvalue weighted by Gasteiger charge is -2.27. The highest BCUT2D eigenvalue weighted by Crippen LogP contribution is 2.31. The van der Waals surface area contributed by atoms with Gasteiger partial charge in [0.2, 0.25) is 0 Å². The van der Waals surface area contributed by atoms with Crippen LogP contribution in [0.4, 0.5) is 0 Å². The Balaban J connectivity index is 1.93. The van der Waals surface area contributed by atoms with Crippen LogP contribution in [0.1, 0.15) is 50.1 Å². The topological polar surface area (TPSA) is 15.3 Å². The summed E-state index contributed by atoms with van der Waals surface area (Å²) in [6.07, 6.45) is 7.91. The average Bonchev–Trinajstić information content (AvgIpc) is 2.45. The zero-order chi connectivity index (χ0) is 15.1.